The highest BCUT2D eigenvalue weighted by molar-refractivity contribution is 6.17. The number of halogens is 1. The summed E-state index contributed by atoms with van der Waals surface area (Å²) in [4.78, 5) is 11.7. The summed E-state index contributed by atoms with van der Waals surface area (Å²) in [5, 5.41) is 0.892. The van der Waals surface area contributed by atoms with E-state index < -0.39 is 0 Å². The molecule has 2 rings (SSSR count). The molecule has 0 aliphatic carbocycles. The van der Waals surface area contributed by atoms with E-state index in [4.69, 9.17) is 20.8 Å². The summed E-state index contributed by atoms with van der Waals surface area (Å²) >= 11 is 5.73. The molecular formula is C13H13ClO3. The van der Waals surface area contributed by atoms with Crippen LogP contribution in [0.1, 0.15) is 18.1 Å². The smallest absolute Gasteiger partial charge is 0.340 e. The Morgan fingerprint density at radius 1 is 1.41 bits per heavy atom. The standard InChI is InChI=1S/C13H13ClO3/c1-3-16-9-4-5-10-8(2)11(7-14)13(15)17-12(10)6-9/h4-6H,3,7H2,1-2H3. The maximum Gasteiger partial charge on any atom is 0.340 e. The summed E-state index contributed by atoms with van der Waals surface area (Å²) in [5.41, 5.74) is 1.54. The second-order valence-electron chi connectivity index (χ2n) is 3.72. The molecule has 0 spiro atoms. The van der Waals surface area contributed by atoms with Crippen LogP contribution in [0.15, 0.2) is 27.4 Å². The SMILES string of the molecule is CCOc1ccc2c(C)c(CCl)c(=O)oc2c1. The van der Waals surface area contributed by atoms with Crippen molar-refractivity contribution in [3.63, 3.8) is 0 Å². The predicted octanol–water partition coefficient (Wildman–Crippen LogP) is 3.24. The first-order valence-electron chi connectivity index (χ1n) is 5.42. The zero-order valence-corrected chi connectivity index (χ0v) is 10.5. The third kappa shape index (κ3) is 2.15. The van der Waals surface area contributed by atoms with Crippen LogP contribution in [-0.2, 0) is 5.88 Å². The minimum atomic E-state index is -0.376. The summed E-state index contributed by atoms with van der Waals surface area (Å²) in [6.45, 7) is 4.36. The zero-order chi connectivity index (χ0) is 12.4. The molecule has 0 aliphatic heterocycles. The van der Waals surface area contributed by atoms with Crippen molar-refractivity contribution < 1.29 is 9.15 Å². The van der Waals surface area contributed by atoms with E-state index in [1.54, 1.807) is 6.07 Å². The second-order valence-corrected chi connectivity index (χ2v) is 3.98. The molecule has 0 unspecified atom stereocenters. The van der Waals surface area contributed by atoms with E-state index in [1.807, 2.05) is 26.0 Å². The number of alkyl halides is 1. The largest absolute Gasteiger partial charge is 0.494 e. The number of benzene rings is 1. The number of hydrogen-bond donors (Lipinski definition) is 0. The summed E-state index contributed by atoms with van der Waals surface area (Å²) < 4.78 is 10.6. The molecule has 0 saturated heterocycles. The minimum absolute atomic E-state index is 0.164. The van der Waals surface area contributed by atoms with E-state index in [9.17, 15) is 4.79 Å². The van der Waals surface area contributed by atoms with Gasteiger partial charge in [0.05, 0.1) is 18.1 Å². The molecule has 3 nitrogen and oxygen atoms in total. The second kappa shape index (κ2) is 4.80. The zero-order valence-electron chi connectivity index (χ0n) is 9.75. The van der Waals surface area contributed by atoms with Crippen LogP contribution in [0.25, 0.3) is 11.0 Å². The first kappa shape index (κ1) is 12.0. The fourth-order valence-corrected chi connectivity index (χ4v) is 2.09. The molecule has 0 fully saturated rings. The maximum absolute atomic E-state index is 11.7. The van der Waals surface area contributed by atoms with Crippen molar-refractivity contribution in [2.45, 2.75) is 19.7 Å². The van der Waals surface area contributed by atoms with Gasteiger partial charge >= 0.3 is 5.63 Å². The monoisotopic (exact) mass is 252 g/mol. The van der Waals surface area contributed by atoms with Gasteiger partial charge < -0.3 is 9.15 Å². The Morgan fingerprint density at radius 3 is 2.82 bits per heavy atom. The van der Waals surface area contributed by atoms with Gasteiger partial charge in [-0.3, -0.25) is 0 Å². The lowest BCUT2D eigenvalue weighted by Gasteiger charge is -2.07. The van der Waals surface area contributed by atoms with Gasteiger partial charge in [0.2, 0.25) is 0 Å². The first-order valence-corrected chi connectivity index (χ1v) is 5.96. The van der Waals surface area contributed by atoms with Crippen LogP contribution in [0.4, 0.5) is 0 Å². The normalized spacial score (nSPS) is 10.8. The van der Waals surface area contributed by atoms with Gasteiger partial charge in [0.25, 0.3) is 0 Å². The summed E-state index contributed by atoms with van der Waals surface area (Å²) in [7, 11) is 0. The number of hydrogen-bond acceptors (Lipinski definition) is 3. The highest BCUT2D eigenvalue weighted by atomic mass is 35.5. The lowest BCUT2D eigenvalue weighted by molar-refractivity contribution is 0.340. The van der Waals surface area contributed by atoms with Gasteiger partial charge in [-0.05, 0) is 31.5 Å². The van der Waals surface area contributed by atoms with Gasteiger partial charge in [-0.25, -0.2) is 4.79 Å². The average molecular weight is 253 g/mol. The average Bonchev–Trinajstić information content (AvgIpc) is 2.29. The van der Waals surface area contributed by atoms with Crippen LogP contribution in [0, 0.1) is 6.92 Å². The Bertz CT molecular complexity index is 601. The number of fused-ring (bicyclic) bond motifs is 1. The minimum Gasteiger partial charge on any atom is -0.494 e. The molecule has 4 heteroatoms. The lowest BCUT2D eigenvalue weighted by Crippen LogP contribution is -2.08. The fraction of sp³-hybridized carbons (Fsp3) is 0.308. The lowest BCUT2D eigenvalue weighted by atomic mass is 10.1. The molecule has 1 aromatic heterocycles. The Hall–Kier alpha value is -1.48. The van der Waals surface area contributed by atoms with Gasteiger partial charge in [-0.2, -0.15) is 0 Å². The third-order valence-electron chi connectivity index (χ3n) is 2.70. The van der Waals surface area contributed by atoms with Crippen molar-refractivity contribution in [3.8, 4) is 5.75 Å². The molecule has 0 bridgehead atoms. The molecule has 1 aromatic carbocycles. The van der Waals surface area contributed by atoms with Crippen LogP contribution in [0.2, 0.25) is 0 Å². The Kier molecular flexibility index (Phi) is 3.38. The summed E-state index contributed by atoms with van der Waals surface area (Å²) in [5.74, 6) is 0.860. The van der Waals surface area contributed by atoms with E-state index >= 15 is 0 Å². The Balaban J connectivity index is 2.69. The highest BCUT2D eigenvalue weighted by Gasteiger charge is 2.10. The number of ether oxygens (including phenoxy) is 1. The molecule has 0 N–H and O–H groups in total. The molecular weight excluding hydrogens is 240 g/mol. The van der Waals surface area contributed by atoms with Gasteiger partial charge in [-0.1, -0.05) is 0 Å². The van der Waals surface area contributed by atoms with Crippen LogP contribution in [0.5, 0.6) is 5.75 Å². The summed E-state index contributed by atoms with van der Waals surface area (Å²) in [6, 6.07) is 5.47. The molecule has 0 atom stereocenters. The van der Waals surface area contributed by atoms with Crippen molar-refractivity contribution in [1.82, 2.24) is 0 Å². The van der Waals surface area contributed by atoms with Crippen molar-refractivity contribution in [2.24, 2.45) is 0 Å². The third-order valence-corrected chi connectivity index (χ3v) is 2.97. The van der Waals surface area contributed by atoms with E-state index in [2.05, 4.69) is 0 Å². The molecule has 90 valence electrons. The van der Waals surface area contributed by atoms with Gasteiger partial charge in [0, 0.05) is 11.5 Å². The van der Waals surface area contributed by atoms with E-state index in [1.165, 1.54) is 0 Å². The quantitative estimate of drug-likeness (QED) is 0.622. The first-order chi connectivity index (χ1) is 8.17. The topological polar surface area (TPSA) is 39.4 Å². The number of aryl methyl sites for hydroxylation is 1. The Morgan fingerprint density at radius 2 is 2.18 bits per heavy atom. The van der Waals surface area contributed by atoms with Crippen molar-refractivity contribution in [1.29, 1.82) is 0 Å². The van der Waals surface area contributed by atoms with E-state index in [0.29, 0.717) is 23.5 Å². The molecule has 1 heterocycles. The van der Waals surface area contributed by atoms with Crippen LogP contribution >= 0.6 is 11.6 Å². The maximum atomic E-state index is 11.7. The van der Waals surface area contributed by atoms with Crippen LogP contribution < -0.4 is 10.4 Å². The van der Waals surface area contributed by atoms with E-state index in [0.717, 1.165) is 10.9 Å². The van der Waals surface area contributed by atoms with Crippen LogP contribution in [-0.4, -0.2) is 6.61 Å². The molecule has 17 heavy (non-hydrogen) atoms. The van der Waals surface area contributed by atoms with Crippen molar-refractivity contribution in [3.05, 3.63) is 39.7 Å². The van der Waals surface area contributed by atoms with Gasteiger partial charge in [-0.15, -0.1) is 11.6 Å². The van der Waals surface area contributed by atoms with Crippen molar-refractivity contribution in [2.75, 3.05) is 6.61 Å². The summed E-state index contributed by atoms with van der Waals surface area (Å²) in [6.07, 6.45) is 0. The Labute approximate surface area is 104 Å². The molecule has 0 saturated carbocycles. The highest BCUT2D eigenvalue weighted by Crippen LogP contribution is 2.24. The van der Waals surface area contributed by atoms with E-state index in [-0.39, 0.29) is 11.5 Å². The van der Waals surface area contributed by atoms with Gasteiger partial charge in [0.15, 0.2) is 0 Å². The molecule has 2 aromatic rings. The molecule has 0 aliphatic rings. The van der Waals surface area contributed by atoms with Gasteiger partial charge in [0.1, 0.15) is 11.3 Å². The molecule has 0 amide bonds. The fourth-order valence-electron chi connectivity index (χ4n) is 1.79. The number of rotatable bonds is 3. The predicted molar refractivity (Wildman–Crippen MR) is 67.9 cm³/mol. The van der Waals surface area contributed by atoms with Crippen LogP contribution in [0.3, 0.4) is 0 Å². The molecule has 0 radical (unpaired) electrons. The van der Waals surface area contributed by atoms with Crippen molar-refractivity contribution >= 4 is 22.6 Å².